The first-order valence-corrected chi connectivity index (χ1v) is 7.90. The molecular formula is C17H25FN2O. The minimum Gasteiger partial charge on any atom is -0.343 e. The van der Waals surface area contributed by atoms with Crippen molar-refractivity contribution >= 4 is 5.91 Å². The minimum absolute atomic E-state index is 0.140. The summed E-state index contributed by atoms with van der Waals surface area (Å²) in [7, 11) is 0. The number of nitrogens with zero attached hydrogens (tertiary/aromatic N) is 2. The van der Waals surface area contributed by atoms with Gasteiger partial charge in [-0.15, -0.1) is 0 Å². The van der Waals surface area contributed by atoms with Crippen molar-refractivity contribution < 1.29 is 9.18 Å². The number of benzene rings is 1. The van der Waals surface area contributed by atoms with Crippen LogP contribution in [0.2, 0.25) is 0 Å². The summed E-state index contributed by atoms with van der Waals surface area (Å²) in [5.41, 5.74) is 0.742. The number of carbonyl (C=O) groups is 1. The molecule has 21 heavy (non-hydrogen) atoms. The van der Waals surface area contributed by atoms with Crippen molar-refractivity contribution in [2.75, 3.05) is 26.2 Å². The van der Waals surface area contributed by atoms with Gasteiger partial charge in [0, 0.05) is 31.1 Å². The van der Waals surface area contributed by atoms with E-state index in [0.29, 0.717) is 6.54 Å². The highest BCUT2D eigenvalue weighted by atomic mass is 19.1. The SMILES string of the molecule is CCN(CC)C(=O)C1CCN(Cc2ccccc2F)CC1. The van der Waals surface area contributed by atoms with Gasteiger partial charge in [0.25, 0.3) is 0 Å². The van der Waals surface area contributed by atoms with E-state index in [1.807, 2.05) is 30.9 Å². The molecule has 0 unspecified atom stereocenters. The van der Waals surface area contributed by atoms with E-state index in [1.54, 1.807) is 6.07 Å². The molecule has 1 aliphatic rings. The molecule has 1 saturated heterocycles. The van der Waals surface area contributed by atoms with Crippen molar-refractivity contribution in [2.45, 2.75) is 33.2 Å². The molecule has 1 heterocycles. The maximum Gasteiger partial charge on any atom is 0.225 e. The Morgan fingerprint density at radius 2 is 1.86 bits per heavy atom. The second kappa shape index (κ2) is 7.55. The van der Waals surface area contributed by atoms with E-state index in [9.17, 15) is 9.18 Å². The molecule has 4 heteroatoms. The molecular weight excluding hydrogens is 267 g/mol. The van der Waals surface area contributed by atoms with E-state index in [0.717, 1.165) is 44.6 Å². The first-order valence-electron chi connectivity index (χ1n) is 7.90. The zero-order valence-electron chi connectivity index (χ0n) is 13.0. The molecule has 2 rings (SSSR count). The van der Waals surface area contributed by atoms with Crippen LogP contribution in [0.4, 0.5) is 4.39 Å². The zero-order valence-corrected chi connectivity index (χ0v) is 13.0. The Balaban J connectivity index is 1.86. The summed E-state index contributed by atoms with van der Waals surface area (Å²) >= 11 is 0. The van der Waals surface area contributed by atoms with E-state index in [4.69, 9.17) is 0 Å². The van der Waals surface area contributed by atoms with Crippen LogP contribution in [0.3, 0.4) is 0 Å². The third-order valence-corrected chi connectivity index (χ3v) is 4.36. The number of carbonyl (C=O) groups excluding carboxylic acids is 1. The summed E-state index contributed by atoms with van der Waals surface area (Å²) in [5.74, 6) is 0.283. The number of piperidine rings is 1. The summed E-state index contributed by atoms with van der Waals surface area (Å²) in [6, 6.07) is 6.93. The van der Waals surface area contributed by atoms with E-state index in [-0.39, 0.29) is 17.6 Å². The van der Waals surface area contributed by atoms with Crippen molar-refractivity contribution in [3.8, 4) is 0 Å². The topological polar surface area (TPSA) is 23.6 Å². The Morgan fingerprint density at radius 3 is 2.43 bits per heavy atom. The van der Waals surface area contributed by atoms with Gasteiger partial charge in [-0.3, -0.25) is 9.69 Å². The molecule has 116 valence electrons. The van der Waals surface area contributed by atoms with Crippen LogP contribution in [0, 0.1) is 11.7 Å². The van der Waals surface area contributed by atoms with Crippen LogP contribution in [0.15, 0.2) is 24.3 Å². The summed E-state index contributed by atoms with van der Waals surface area (Å²) < 4.78 is 13.7. The minimum atomic E-state index is -0.140. The molecule has 0 aromatic heterocycles. The molecule has 3 nitrogen and oxygen atoms in total. The quantitative estimate of drug-likeness (QED) is 0.833. The number of rotatable bonds is 5. The Bertz CT molecular complexity index is 466. The molecule has 1 fully saturated rings. The van der Waals surface area contributed by atoms with Crippen molar-refractivity contribution in [2.24, 2.45) is 5.92 Å². The van der Waals surface area contributed by atoms with Gasteiger partial charge >= 0.3 is 0 Å². The summed E-state index contributed by atoms with van der Waals surface area (Å²) in [6.45, 7) is 7.98. The summed E-state index contributed by atoms with van der Waals surface area (Å²) in [5, 5.41) is 0. The first-order chi connectivity index (χ1) is 10.2. The van der Waals surface area contributed by atoms with Gasteiger partial charge in [0.15, 0.2) is 0 Å². The lowest BCUT2D eigenvalue weighted by atomic mass is 9.95. The van der Waals surface area contributed by atoms with Crippen LogP contribution in [0.1, 0.15) is 32.3 Å². The predicted molar refractivity (Wildman–Crippen MR) is 82.3 cm³/mol. The zero-order chi connectivity index (χ0) is 15.2. The number of amides is 1. The summed E-state index contributed by atoms with van der Waals surface area (Å²) in [4.78, 5) is 16.5. The Morgan fingerprint density at radius 1 is 1.24 bits per heavy atom. The lowest BCUT2D eigenvalue weighted by Crippen LogP contribution is -2.42. The summed E-state index contributed by atoms with van der Waals surface area (Å²) in [6.07, 6.45) is 1.76. The second-order valence-corrected chi connectivity index (χ2v) is 5.65. The molecule has 0 spiro atoms. The second-order valence-electron chi connectivity index (χ2n) is 5.65. The van der Waals surface area contributed by atoms with Crippen molar-refractivity contribution in [1.82, 2.24) is 9.80 Å². The molecule has 1 aliphatic heterocycles. The van der Waals surface area contributed by atoms with Gasteiger partial charge < -0.3 is 4.90 Å². The normalized spacial score (nSPS) is 16.9. The smallest absolute Gasteiger partial charge is 0.225 e. The third-order valence-electron chi connectivity index (χ3n) is 4.36. The van der Waals surface area contributed by atoms with Crippen LogP contribution in [-0.4, -0.2) is 41.9 Å². The third kappa shape index (κ3) is 4.03. The molecule has 0 radical (unpaired) electrons. The standard InChI is InChI=1S/C17H25FN2O/c1-3-20(4-2)17(21)14-9-11-19(12-10-14)13-15-7-5-6-8-16(15)18/h5-8,14H,3-4,9-13H2,1-2H3. The number of hydrogen-bond donors (Lipinski definition) is 0. The fourth-order valence-electron chi connectivity index (χ4n) is 3.00. The molecule has 1 aromatic rings. The molecule has 0 aliphatic carbocycles. The molecule has 0 bridgehead atoms. The fraction of sp³-hybridized carbons (Fsp3) is 0.588. The van der Waals surface area contributed by atoms with Gasteiger partial charge in [0.1, 0.15) is 5.82 Å². The largest absolute Gasteiger partial charge is 0.343 e. The van der Waals surface area contributed by atoms with E-state index in [1.165, 1.54) is 6.07 Å². The van der Waals surface area contributed by atoms with Crippen LogP contribution in [0.5, 0.6) is 0 Å². The van der Waals surface area contributed by atoms with Gasteiger partial charge in [-0.1, -0.05) is 18.2 Å². The maximum atomic E-state index is 13.7. The highest BCUT2D eigenvalue weighted by molar-refractivity contribution is 5.78. The van der Waals surface area contributed by atoms with E-state index < -0.39 is 0 Å². The van der Waals surface area contributed by atoms with E-state index in [2.05, 4.69) is 4.90 Å². The van der Waals surface area contributed by atoms with Gasteiger partial charge in [0.05, 0.1) is 0 Å². The van der Waals surface area contributed by atoms with Crippen LogP contribution in [0.25, 0.3) is 0 Å². The molecule has 0 saturated carbocycles. The maximum absolute atomic E-state index is 13.7. The lowest BCUT2D eigenvalue weighted by Gasteiger charge is -2.33. The molecule has 1 amide bonds. The Hall–Kier alpha value is -1.42. The van der Waals surface area contributed by atoms with Crippen molar-refractivity contribution in [1.29, 1.82) is 0 Å². The first kappa shape index (κ1) is 16.0. The highest BCUT2D eigenvalue weighted by Crippen LogP contribution is 2.21. The average molecular weight is 292 g/mol. The molecule has 0 N–H and O–H groups in total. The van der Waals surface area contributed by atoms with Crippen LogP contribution < -0.4 is 0 Å². The average Bonchev–Trinajstić information content (AvgIpc) is 2.51. The van der Waals surface area contributed by atoms with Gasteiger partial charge in [-0.2, -0.15) is 0 Å². The van der Waals surface area contributed by atoms with Crippen LogP contribution in [-0.2, 0) is 11.3 Å². The fourth-order valence-corrected chi connectivity index (χ4v) is 3.00. The Kier molecular flexibility index (Phi) is 5.74. The molecule has 0 atom stereocenters. The number of likely N-dealkylation sites (tertiary alicyclic amines) is 1. The monoisotopic (exact) mass is 292 g/mol. The van der Waals surface area contributed by atoms with Crippen molar-refractivity contribution in [3.05, 3.63) is 35.6 Å². The van der Waals surface area contributed by atoms with E-state index >= 15 is 0 Å². The van der Waals surface area contributed by atoms with Gasteiger partial charge in [-0.25, -0.2) is 4.39 Å². The van der Waals surface area contributed by atoms with Gasteiger partial charge in [-0.05, 0) is 45.8 Å². The van der Waals surface area contributed by atoms with Gasteiger partial charge in [0.2, 0.25) is 5.91 Å². The predicted octanol–water partition coefficient (Wildman–Crippen LogP) is 2.91. The number of hydrogen-bond acceptors (Lipinski definition) is 2. The Labute approximate surface area is 126 Å². The highest BCUT2D eigenvalue weighted by Gasteiger charge is 2.27. The van der Waals surface area contributed by atoms with Crippen LogP contribution >= 0.6 is 0 Å². The lowest BCUT2D eigenvalue weighted by molar-refractivity contribution is -0.136. The van der Waals surface area contributed by atoms with Crippen molar-refractivity contribution in [3.63, 3.8) is 0 Å². The molecule has 1 aromatic carbocycles. The number of halogens is 1.